The summed E-state index contributed by atoms with van der Waals surface area (Å²) in [5.41, 5.74) is 1.76. The minimum Gasteiger partial charge on any atom is -0.485 e. The number of allylic oxidation sites excluding steroid dienone is 1. The van der Waals surface area contributed by atoms with Gasteiger partial charge in [0.25, 0.3) is 5.91 Å². The number of ether oxygens (including phenoxy) is 3. The number of halogens is 1. The highest BCUT2D eigenvalue weighted by atomic mass is 35.5. The van der Waals surface area contributed by atoms with Crippen LogP contribution in [0.1, 0.15) is 67.1 Å². The maximum Gasteiger partial charge on any atom is 0.283 e. The molecule has 4 fully saturated rings. The summed E-state index contributed by atoms with van der Waals surface area (Å²) in [5, 5.41) is 0.707. The molecule has 0 spiro atoms. The van der Waals surface area contributed by atoms with Gasteiger partial charge in [-0.05, 0) is 105 Å². The molecule has 0 radical (unpaired) electrons. The van der Waals surface area contributed by atoms with Gasteiger partial charge < -0.3 is 19.1 Å². The van der Waals surface area contributed by atoms with E-state index in [2.05, 4.69) is 31.6 Å². The Kier molecular flexibility index (Phi) is 10.1. The molecule has 11 nitrogen and oxygen atoms in total. The van der Waals surface area contributed by atoms with Crippen molar-refractivity contribution in [3.05, 3.63) is 64.3 Å². The second kappa shape index (κ2) is 14.5. The molecule has 0 unspecified atom stereocenters. The molecule has 2 saturated carbocycles. The molecule has 2 saturated heterocycles. The number of amides is 1. The Morgan fingerprint density at radius 2 is 1.96 bits per heavy atom. The normalized spacial score (nSPS) is 34.4. The summed E-state index contributed by atoms with van der Waals surface area (Å²) in [5.74, 6) is 0.892. The van der Waals surface area contributed by atoms with Gasteiger partial charge in [-0.2, -0.15) is 0 Å². The lowest BCUT2D eigenvalue weighted by Crippen LogP contribution is -2.62. The first-order valence-electron chi connectivity index (χ1n) is 19.1. The lowest BCUT2D eigenvalue weighted by molar-refractivity contribution is -0.108. The average molecular weight is 754 g/mol. The number of carbonyl (C=O) groups excluding carboxylic acids is 1. The molecule has 4 aliphatic heterocycles. The lowest BCUT2D eigenvalue weighted by atomic mass is 9.64. The summed E-state index contributed by atoms with van der Waals surface area (Å²) < 4.78 is 47.8. The Hall–Kier alpha value is -2.74. The fourth-order valence-electron chi connectivity index (χ4n) is 9.34. The maximum atomic E-state index is 13.7. The number of aromatic nitrogens is 1. The smallest absolute Gasteiger partial charge is 0.283 e. The largest absolute Gasteiger partial charge is 0.485 e. The molecule has 2 aliphatic carbocycles. The highest BCUT2D eigenvalue weighted by molar-refractivity contribution is 7.91. The summed E-state index contributed by atoms with van der Waals surface area (Å²) in [6.07, 6.45) is 10.3. The summed E-state index contributed by atoms with van der Waals surface area (Å²) in [4.78, 5) is 25.9. The molecule has 282 valence electrons. The number of anilines is 1. The van der Waals surface area contributed by atoms with E-state index < -0.39 is 26.3 Å². The zero-order valence-corrected chi connectivity index (χ0v) is 32.0. The van der Waals surface area contributed by atoms with Crippen LogP contribution in [0.2, 0.25) is 5.02 Å². The quantitative estimate of drug-likeness (QED) is 0.444. The van der Waals surface area contributed by atoms with Crippen molar-refractivity contribution in [3.8, 4) is 5.75 Å². The number of sulfonamides is 1. The van der Waals surface area contributed by atoms with Crippen LogP contribution >= 0.6 is 11.6 Å². The first-order chi connectivity index (χ1) is 25.1. The number of morpholine rings is 1. The van der Waals surface area contributed by atoms with Gasteiger partial charge in [-0.3, -0.25) is 14.6 Å². The second-order valence-electron chi connectivity index (χ2n) is 16.0. The summed E-state index contributed by atoms with van der Waals surface area (Å²) in [6, 6.07) is 9.65. The third kappa shape index (κ3) is 6.99. The van der Waals surface area contributed by atoms with Crippen LogP contribution in [0.4, 0.5) is 5.82 Å². The van der Waals surface area contributed by atoms with E-state index >= 15 is 0 Å². The van der Waals surface area contributed by atoms with Crippen LogP contribution in [-0.2, 0) is 32.5 Å². The molecule has 2 bridgehead atoms. The summed E-state index contributed by atoms with van der Waals surface area (Å²) in [7, 11) is -2.13. The van der Waals surface area contributed by atoms with Crippen molar-refractivity contribution in [1.82, 2.24) is 19.5 Å². The van der Waals surface area contributed by atoms with E-state index in [1.165, 1.54) is 5.56 Å². The van der Waals surface area contributed by atoms with E-state index in [1.807, 2.05) is 25.3 Å². The van der Waals surface area contributed by atoms with Crippen LogP contribution in [0.5, 0.6) is 5.75 Å². The van der Waals surface area contributed by atoms with Crippen molar-refractivity contribution in [2.75, 3.05) is 71.0 Å². The maximum absolute atomic E-state index is 13.7. The van der Waals surface area contributed by atoms with E-state index in [1.54, 1.807) is 19.1 Å². The zero-order valence-electron chi connectivity index (χ0n) is 30.4. The number of benzene rings is 1. The molecule has 8 rings (SSSR count). The van der Waals surface area contributed by atoms with Crippen molar-refractivity contribution < 1.29 is 27.4 Å². The van der Waals surface area contributed by atoms with E-state index in [0.717, 1.165) is 90.1 Å². The molecule has 1 aromatic heterocycles. The number of pyridine rings is 1. The average Bonchev–Trinajstić information content (AvgIpc) is 3.81. The second-order valence-corrected chi connectivity index (χ2v) is 18.6. The van der Waals surface area contributed by atoms with Gasteiger partial charge in [0.1, 0.15) is 17.9 Å². The number of nitrogens with zero attached hydrogens (tertiary/aromatic N) is 4. The molecule has 2 aromatic rings. The van der Waals surface area contributed by atoms with Gasteiger partial charge in [0.15, 0.2) is 11.6 Å². The number of fused-ring (bicyclic) bond motifs is 5. The van der Waals surface area contributed by atoms with Crippen molar-refractivity contribution in [3.63, 3.8) is 0 Å². The van der Waals surface area contributed by atoms with Crippen molar-refractivity contribution in [2.24, 2.45) is 17.8 Å². The highest BCUT2D eigenvalue weighted by Gasteiger charge is 2.60. The molecule has 6 atom stereocenters. The SMILES string of the molecule is CO[C@@]1(CN2CCN3CCOC[C@@H]3C2)/C=C/C[C@@H]2C[C@@]2(C)S(=O)(=O)NC(=O)c2ccc3c(n2)N(CCCCc2cc(Cl)ccc2CO3)C[C@@H]2CC[C@H]21. The van der Waals surface area contributed by atoms with E-state index in [0.29, 0.717) is 54.5 Å². The molecule has 52 heavy (non-hydrogen) atoms. The van der Waals surface area contributed by atoms with Gasteiger partial charge in [0.2, 0.25) is 10.0 Å². The predicted octanol–water partition coefficient (Wildman–Crippen LogP) is 4.68. The third-order valence-electron chi connectivity index (χ3n) is 12.9. The molecule has 1 N–H and O–H groups in total. The van der Waals surface area contributed by atoms with Gasteiger partial charge in [0, 0.05) is 64.0 Å². The minimum absolute atomic E-state index is 0.0630. The number of methoxy groups -OCH3 is 1. The van der Waals surface area contributed by atoms with Gasteiger partial charge in [-0.25, -0.2) is 18.1 Å². The van der Waals surface area contributed by atoms with Crippen LogP contribution in [0.25, 0.3) is 0 Å². The number of nitrogens with one attached hydrogen (secondary N) is 1. The number of hydrogen-bond donors (Lipinski definition) is 1. The van der Waals surface area contributed by atoms with Crippen LogP contribution in [-0.4, -0.2) is 112 Å². The van der Waals surface area contributed by atoms with E-state index in [-0.39, 0.29) is 17.5 Å². The monoisotopic (exact) mass is 753 g/mol. The minimum atomic E-state index is -3.97. The molecule has 1 aromatic carbocycles. The number of aryl methyl sites for hydroxylation is 1. The van der Waals surface area contributed by atoms with Gasteiger partial charge in [-0.1, -0.05) is 29.8 Å². The van der Waals surface area contributed by atoms with Crippen molar-refractivity contribution >= 4 is 33.3 Å². The fraction of sp³-hybridized carbons (Fsp3) is 0.641. The Morgan fingerprint density at radius 1 is 1.08 bits per heavy atom. The Balaban J connectivity index is 1.15. The Labute approximate surface area is 313 Å². The van der Waals surface area contributed by atoms with Crippen LogP contribution in [0, 0.1) is 17.8 Å². The summed E-state index contributed by atoms with van der Waals surface area (Å²) in [6.45, 7) is 9.75. The van der Waals surface area contributed by atoms with Gasteiger partial charge in [0.05, 0.1) is 18.0 Å². The summed E-state index contributed by atoms with van der Waals surface area (Å²) >= 11 is 6.40. The van der Waals surface area contributed by atoms with Crippen LogP contribution in [0.15, 0.2) is 42.5 Å². The van der Waals surface area contributed by atoms with Crippen LogP contribution < -0.4 is 14.4 Å². The first kappa shape index (κ1) is 36.2. The predicted molar refractivity (Wildman–Crippen MR) is 200 cm³/mol. The molecule has 5 heterocycles. The molecule has 1 amide bonds. The van der Waals surface area contributed by atoms with Crippen molar-refractivity contribution in [1.29, 1.82) is 0 Å². The fourth-order valence-corrected chi connectivity index (χ4v) is 11.1. The molecule has 13 heteroatoms. The van der Waals surface area contributed by atoms with E-state index in [4.69, 9.17) is 30.8 Å². The third-order valence-corrected chi connectivity index (χ3v) is 15.4. The standard InChI is InChI=1S/C39H52ClN5O6S/c1-38-21-30(38)7-5-14-39(49-2,26-43-16-17-44-18-19-50-25-32(44)23-43)33-11-9-28(33)22-45-15-4-3-6-27-20-31(40)10-8-29(27)24-51-35-13-12-34(41-36(35)45)37(46)42-52(38,47)48/h5,8,10,12-14,20,28,30,32-33H,3-4,6-7,9,11,15-19,21-26H2,1-2H3,(H,42,46)/b14-5+/t28-,30+,32-,33+,38+,39+/m0/s1. The zero-order chi connectivity index (χ0) is 36.1. The molecular weight excluding hydrogens is 702 g/mol. The van der Waals surface area contributed by atoms with E-state index in [9.17, 15) is 13.2 Å². The molecule has 6 aliphatic rings. The molecular formula is C39H52ClN5O6S. The Morgan fingerprint density at radius 3 is 2.79 bits per heavy atom. The number of rotatable bonds is 3. The van der Waals surface area contributed by atoms with Gasteiger partial charge >= 0.3 is 0 Å². The van der Waals surface area contributed by atoms with Gasteiger partial charge in [-0.15, -0.1) is 0 Å². The topological polar surface area (TPSA) is 114 Å². The lowest BCUT2D eigenvalue weighted by Gasteiger charge is -2.52. The highest BCUT2D eigenvalue weighted by Crippen LogP contribution is 2.52. The number of hydrogen-bond acceptors (Lipinski definition) is 10. The Bertz CT molecular complexity index is 1810. The van der Waals surface area contributed by atoms with Crippen molar-refractivity contribution in [2.45, 2.75) is 74.9 Å². The first-order valence-corrected chi connectivity index (χ1v) is 20.9. The number of piperazine rings is 1. The number of carbonyl (C=O) groups is 1. The van der Waals surface area contributed by atoms with Crippen LogP contribution in [0.3, 0.4) is 0 Å².